The van der Waals surface area contributed by atoms with Gasteiger partial charge in [-0.25, -0.2) is 9.78 Å². The molecule has 0 amide bonds. The number of hydrogen-bond donors (Lipinski definition) is 1. The molecule has 0 radical (unpaired) electrons. The standard InChI is InChI=1S/C30H24ClN3O6/c1-3-7-19-12-18(13-25(38-4-2)28(19)39-17-27(35)36)16-32-34-29(33-23-9-6-5-8-22(23)30(34)37)26-15-20-14-21(31)10-11-24(20)40-26/h3,5-6,8-16H,1,4,7,17H2,2H3,(H,35,36). The molecule has 0 atom stereocenters. The van der Waals surface area contributed by atoms with Crippen molar-refractivity contribution >= 4 is 45.7 Å². The number of halogens is 1. The van der Waals surface area contributed by atoms with Gasteiger partial charge in [-0.15, -0.1) is 6.58 Å². The molecule has 0 spiro atoms. The van der Waals surface area contributed by atoms with Crippen LogP contribution < -0.4 is 15.0 Å². The number of allylic oxidation sites excluding steroid dienone is 1. The van der Waals surface area contributed by atoms with E-state index in [-0.39, 0.29) is 11.4 Å². The number of furan rings is 1. The summed E-state index contributed by atoms with van der Waals surface area (Å²) in [5, 5.41) is 15.3. The number of aliphatic carboxylic acids is 1. The molecular weight excluding hydrogens is 534 g/mol. The van der Waals surface area contributed by atoms with Gasteiger partial charge in [0.1, 0.15) is 5.58 Å². The fourth-order valence-electron chi connectivity index (χ4n) is 4.26. The molecule has 3 aromatic carbocycles. The zero-order valence-electron chi connectivity index (χ0n) is 21.5. The van der Waals surface area contributed by atoms with Gasteiger partial charge < -0.3 is 19.0 Å². The largest absolute Gasteiger partial charge is 0.490 e. The SMILES string of the molecule is C=CCc1cc(C=Nn2c(-c3cc4cc(Cl)ccc4o3)nc3ccccc3c2=O)cc(OCC)c1OCC(=O)O. The first kappa shape index (κ1) is 26.7. The Morgan fingerprint density at radius 1 is 1.18 bits per heavy atom. The summed E-state index contributed by atoms with van der Waals surface area (Å²) in [6.45, 7) is 5.39. The fourth-order valence-corrected chi connectivity index (χ4v) is 4.45. The highest BCUT2D eigenvalue weighted by Crippen LogP contribution is 2.34. The number of benzene rings is 3. The summed E-state index contributed by atoms with van der Waals surface area (Å²) < 4.78 is 18.5. The van der Waals surface area contributed by atoms with Crippen LogP contribution in [-0.4, -0.2) is 40.2 Å². The molecule has 0 aliphatic rings. The van der Waals surface area contributed by atoms with Crippen molar-refractivity contribution in [2.24, 2.45) is 5.10 Å². The molecule has 5 rings (SSSR count). The van der Waals surface area contributed by atoms with Gasteiger partial charge in [0.05, 0.1) is 23.7 Å². The molecule has 10 heteroatoms. The number of aromatic nitrogens is 2. The highest BCUT2D eigenvalue weighted by molar-refractivity contribution is 6.31. The van der Waals surface area contributed by atoms with Crippen LogP contribution in [0.2, 0.25) is 5.02 Å². The summed E-state index contributed by atoms with van der Waals surface area (Å²) in [4.78, 5) is 29.4. The van der Waals surface area contributed by atoms with Crippen LogP contribution in [0, 0.1) is 0 Å². The van der Waals surface area contributed by atoms with Crippen molar-refractivity contribution in [3.63, 3.8) is 0 Å². The quantitative estimate of drug-likeness (QED) is 0.167. The molecule has 0 aliphatic heterocycles. The topological polar surface area (TPSA) is 116 Å². The molecule has 202 valence electrons. The summed E-state index contributed by atoms with van der Waals surface area (Å²) in [7, 11) is 0. The maximum Gasteiger partial charge on any atom is 0.341 e. The van der Waals surface area contributed by atoms with E-state index in [9.17, 15) is 9.59 Å². The van der Waals surface area contributed by atoms with Crippen molar-refractivity contribution in [1.82, 2.24) is 9.66 Å². The van der Waals surface area contributed by atoms with E-state index in [0.29, 0.717) is 62.9 Å². The van der Waals surface area contributed by atoms with Crippen molar-refractivity contribution in [3.8, 4) is 23.1 Å². The molecule has 0 fully saturated rings. The van der Waals surface area contributed by atoms with E-state index in [1.807, 2.05) is 6.92 Å². The lowest BCUT2D eigenvalue weighted by molar-refractivity contribution is -0.139. The number of hydrogen-bond acceptors (Lipinski definition) is 7. The average molecular weight is 558 g/mol. The molecular formula is C30H24ClN3O6. The number of ether oxygens (including phenoxy) is 2. The van der Waals surface area contributed by atoms with Crippen LogP contribution in [0.25, 0.3) is 33.5 Å². The molecule has 40 heavy (non-hydrogen) atoms. The number of carboxylic acid groups (broad SMARTS) is 1. The van der Waals surface area contributed by atoms with Crippen LogP contribution in [0.5, 0.6) is 11.5 Å². The molecule has 0 saturated carbocycles. The molecule has 5 aromatic rings. The Bertz CT molecular complexity index is 1840. The summed E-state index contributed by atoms with van der Waals surface area (Å²) in [5.41, 5.74) is 1.95. The van der Waals surface area contributed by atoms with Gasteiger partial charge in [0, 0.05) is 16.0 Å². The molecule has 1 N–H and O–H groups in total. The average Bonchev–Trinajstić information content (AvgIpc) is 3.35. The van der Waals surface area contributed by atoms with Crippen LogP contribution in [0.4, 0.5) is 0 Å². The minimum absolute atomic E-state index is 0.213. The molecule has 2 aromatic heterocycles. The Morgan fingerprint density at radius 3 is 2.77 bits per heavy atom. The number of fused-ring (bicyclic) bond motifs is 2. The Balaban J connectivity index is 1.65. The van der Waals surface area contributed by atoms with E-state index in [1.165, 1.54) is 10.9 Å². The highest BCUT2D eigenvalue weighted by atomic mass is 35.5. The van der Waals surface area contributed by atoms with Gasteiger partial charge in [-0.2, -0.15) is 9.78 Å². The number of para-hydroxylation sites is 1. The first-order valence-corrected chi connectivity index (χ1v) is 12.8. The van der Waals surface area contributed by atoms with E-state index in [4.69, 9.17) is 35.6 Å². The second-order valence-corrected chi connectivity index (χ2v) is 9.16. The van der Waals surface area contributed by atoms with Crippen LogP contribution in [-0.2, 0) is 11.2 Å². The van der Waals surface area contributed by atoms with Crippen LogP contribution >= 0.6 is 11.6 Å². The van der Waals surface area contributed by atoms with Crippen LogP contribution in [0.3, 0.4) is 0 Å². The predicted octanol–water partition coefficient (Wildman–Crippen LogP) is 5.94. The van der Waals surface area contributed by atoms with E-state index < -0.39 is 12.6 Å². The monoisotopic (exact) mass is 557 g/mol. The zero-order chi connectivity index (χ0) is 28.2. The highest BCUT2D eigenvalue weighted by Gasteiger charge is 2.18. The van der Waals surface area contributed by atoms with Crippen LogP contribution in [0.15, 0.2) is 87.6 Å². The summed E-state index contributed by atoms with van der Waals surface area (Å²) >= 11 is 6.15. The van der Waals surface area contributed by atoms with Gasteiger partial charge in [-0.3, -0.25) is 4.79 Å². The van der Waals surface area contributed by atoms with Crippen molar-refractivity contribution in [2.45, 2.75) is 13.3 Å². The second kappa shape index (κ2) is 11.5. The van der Waals surface area contributed by atoms with Crippen molar-refractivity contribution in [3.05, 3.63) is 99.8 Å². The van der Waals surface area contributed by atoms with Crippen molar-refractivity contribution in [2.75, 3.05) is 13.2 Å². The minimum Gasteiger partial charge on any atom is -0.490 e. The third kappa shape index (κ3) is 5.45. The molecule has 0 unspecified atom stereocenters. The summed E-state index contributed by atoms with van der Waals surface area (Å²) in [5.74, 6) is 0.110. The van der Waals surface area contributed by atoms with Crippen molar-refractivity contribution in [1.29, 1.82) is 0 Å². The van der Waals surface area contributed by atoms with Gasteiger partial charge >= 0.3 is 5.97 Å². The number of nitrogens with zero attached hydrogens (tertiary/aromatic N) is 3. The molecule has 0 bridgehead atoms. The van der Waals surface area contributed by atoms with Gasteiger partial charge in [0.15, 0.2) is 23.9 Å². The molecule has 2 heterocycles. The fraction of sp³-hybridized carbons (Fsp3) is 0.133. The third-order valence-electron chi connectivity index (χ3n) is 5.93. The number of carboxylic acids is 1. The maximum absolute atomic E-state index is 13.6. The molecule has 0 aliphatic carbocycles. The zero-order valence-corrected chi connectivity index (χ0v) is 22.2. The van der Waals surface area contributed by atoms with Gasteiger partial charge in [0.25, 0.3) is 5.56 Å². The molecule has 0 saturated heterocycles. The number of rotatable bonds is 10. The van der Waals surface area contributed by atoms with Crippen molar-refractivity contribution < 1.29 is 23.8 Å². The first-order chi connectivity index (χ1) is 19.4. The van der Waals surface area contributed by atoms with E-state index in [0.717, 1.165) is 5.39 Å². The van der Waals surface area contributed by atoms with Gasteiger partial charge in [-0.05, 0) is 67.4 Å². The lowest BCUT2D eigenvalue weighted by Gasteiger charge is -2.15. The lowest BCUT2D eigenvalue weighted by Crippen LogP contribution is -2.20. The normalized spacial score (nSPS) is 11.3. The van der Waals surface area contributed by atoms with E-state index >= 15 is 0 Å². The Labute approximate surface area is 233 Å². The Morgan fingerprint density at radius 2 is 2.00 bits per heavy atom. The molecule has 9 nitrogen and oxygen atoms in total. The maximum atomic E-state index is 13.6. The summed E-state index contributed by atoms with van der Waals surface area (Å²) in [6, 6.07) is 17.4. The third-order valence-corrected chi connectivity index (χ3v) is 6.17. The predicted molar refractivity (Wildman–Crippen MR) is 154 cm³/mol. The van der Waals surface area contributed by atoms with E-state index in [1.54, 1.807) is 66.7 Å². The van der Waals surface area contributed by atoms with Gasteiger partial charge in [-0.1, -0.05) is 29.8 Å². The second-order valence-electron chi connectivity index (χ2n) is 8.72. The summed E-state index contributed by atoms with van der Waals surface area (Å²) in [6.07, 6.45) is 3.56. The minimum atomic E-state index is -1.11. The smallest absolute Gasteiger partial charge is 0.341 e. The van der Waals surface area contributed by atoms with Gasteiger partial charge in [0.2, 0.25) is 5.82 Å². The number of carbonyl (C=O) groups is 1. The first-order valence-electron chi connectivity index (χ1n) is 12.4. The Kier molecular flexibility index (Phi) is 7.65. The Hall–Kier alpha value is -4.89. The lowest BCUT2D eigenvalue weighted by atomic mass is 10.1. The van der Waals surface area contributed by atoms with E-state index in [2.05, 4.69) is 11.7 Å². The van der Waals surface area contributed by atoms with Crippen LogP contribution in [0.1, 0.15) is 18.1 Å².